The summed E-state index contributed by atoms with van der Waals surface area (Å²) in [6, 6.07) is 9.76. The molecule has 1 aromatic rings. The molecule has 0 fully saturated rings. The Balaban J connectivity index is 0.00000196. The molecule has 0 radical (unpaired) electrons. The molecule has 0 saturated heterocycles. The summed E-state index contributed by atoms with van der Waals surface area (Å²) in [6.45, 7) is 0. The molecule has 1 atom stereocenters. The fraction of sp³-hybridized carbons (Fsp3) is 0.333. The van der Waals surface area contributed by atoms with Crippen LogP contribution in [0, 0.1) is 0 Å². The van der Waals surface area contributed by atoms with Gasteiger partial charge in [-0.25, -0.2) is 0 Å². The van der Waals surface area contributed by atoms with Crippen molar-refractivity contribution in [3.8, 4) is 0 Å². The molecule has 1 aromatic carbocycles. The van der Waals surface area contributed by atoms with Gasteiger partial charge >= 0.3 is 29.6 Å². The molecule has 6 heteroatoms. The largest absolute Gasteiger partial charge is 1.00 e. The van der Waals surface area contributed by atoms with Gasteiger partial charge < -0.3 is 10.4 Å². The fourth-order valence-electron chi connectivity index (χ4n) is 1.04. The minimum atomic E-state index is -0.746. The third-order valence-electron chi connectivity index (χ3n) is 1.70. The molecule has 0 aliphatic rings. The zero-order valence-electron chi connectivity index (χ0n) is 8.46. The van der Waals surface area contributed by atoms with Crippen LogP contribution in [0.1, 0.15) is 12.0 Å². The number of benzene rings is 1. The van der Waals surface area contributed by atoms with Crippen molar-refractivity contribution in [2.75, 3.05) is 0 Å². The summed E-state index contributed by atoms with van der Waals surface area (Å²) in [5.74, 6) is 0. The summed E-state index contributed by atoms with van der Waals surface area (Å²) in [4.78, 5) is 0. The Bertz CT molecular complexity index is 247. The fourth-order valence-corrected chi connectivity index (χ4v) is 1.38. The third-order valence-corrected chi connectivity index (χ3v) is 2.29. The van der Waals surface area contributed by atoms with E-state index in [9.17, 15) is 10.4 Å². The maximum Gasteiger partial charge on any atom is 1.00 e. The molecule has 0 aromatic heterocycles. The third kappa shape index (κ3) is 7.32. The van der Waals surface area contributed by atoms with Crippen LogP contribution < -0.4 is 34.8 Å². The summed E-state index contributed by atoms with van der Waals surface area (Å²) < 4.78 is 3.99. The molecule has 0 saturated carbocycles. The van der Waals surface area contributed by atoms with E-state index in [0.29, 0.717) is 18.5 Å². The molecule has 0 aliphatic carbocycles. The van der Waals surface area contributed by atoms with E-state index < -0.39 is 5.44 Å². The average molecular weight is 238 g/mol. The van der Waals surface area contributed by atoms with Gasteiger partial charge in [-0.2, -0.15) is 4.33 Å². The average Bonchev–Trinajstić information content (AvgIpc) is 2.25. The summed E-state index contributed by atoms with van der Waals surface area (Å²) in [5, 5.41) is 21.8. The van der Waals surface area contributed by atoms with Crippen molar-refractivity contribution >= 4 is 12.0 Å². The van der Waals surface area contributed by atoms with Crippen molar-refractivity contribution in [2.45, 2.75) is 18.3 Å². The zero-order chi connectivity index (χ0) is 10.2. The Morgan fingerprint density at radius 1 is 1.33 bits per heavy atom. The van der Waals surface area contributed by atoms with Gasteiger partial charge in [0.05, 0.1) is 12.0 Å². The number of hydrogen-bond acceptors (Lipinski definition) is 5. The molecule has 0 heterocycles. The van der Waals surface area contributed by atoms with E-state index in [2.05, 4.69) is 9.37 Å². The molecule has 1 N–H and O–H groups in total. The topological polar surface area (TPSA) is 61.8 Å². The molecule has 4 nitrogen and oxygen atoms in total. The molecule has 0 aliphatic heterocycles. The Hall–Kier alpha value is 0.410. The van der Waals surface area contributed by atoms with Gasteiger partial charge in [-0.3, -0.25) is 5.04 Å². The van der Waals surface area contributed by atoms with Gasteiger partial charge in [0.1, 0.15) is 5.44 Å². The van der Waals surface area contributed by atoms with Gasteiger partial charge in [0.25, 0.3) is 0 Å². The first kappa shape index (κ1) is 15.4. The predicted octanol–water partition coefficient (Wildman–Crippen LogP) is -2.19. The number of aryl methyl sites for hydroxylation is 1. The molecule has 1 rings (SSSR count). The van der Waals surface area contributed by atoms with Crippen molar-refractivity contribution in [3.05, 3.63) is 35.9 Å². The summed E-state index contributed by atoms with van der Waals surface area (Å²) in [6.07, 6.45) is 1.25. The van der Waals surface area contributed by atoms with Crippen LogP contribution in [0.25, 0.3) is 0 Å². The second kappa shape index (κ2) is 9.62. The number of rotatable bonds is 6. The first-order valence-corrected chi connectivity index (χ1v) is 4.97. The second-order valence-corrected chi connectivity index (χ2v) is 3.58. The van der Waals surface area contributed by atoms with E-state index in [4.69, 9.17) is 0 Å². The van der Waals surface area contributed by atoms with Crippen molar-refractivity contribution in [2.24, 2.45) is 0 Å². The second-order valence-electron chi connectivity index (χ2n) is 2.71. The number of hydrogen-bond donors (Lipinski definition) is 1. The molecule has 0 amide bonds. The number of aliphatic hydroxyl groups excluding tert-OH is 1. The van der Waals surface area contributed by atoms with Gasteiger partial charge in [0, 0.05) is 0 Å². The normalized spacial score (nSPS) is 11.9. The Kier molecular flexibility index (Phi) is 9.89. The van der Waals surface area contributed by atoms with Crippen LogP contribution in [0.3, 0.4) is 0 Å². The van der Waals surface area contributed by atoms with E-state index in [1.807, 2.05) is 30.3 Å². The molecule has 78 valence electrons. The van der Waals surface area contributed by atoms with E-state index >= 15 is 0 Å². The summed E-state index contributed by atoms with van der Waals surface area (Å²) >= 11 is 0.616. The van der Waals surface area contributed by atoms with Gasteiger partial charge in [-0.15, -0.1) is 0 Å². The van der Waals surface area contributed by atoms with E-state index in [-0.39, 0.29) is 29.6 Å². The molecule has 0 bridgehead atoms. The van der Waals surface area contributed by atoms with Crippen LogP contribution in [0.4, 0.5) is 0 Å². The Labute approximate surface area is 115 Å². The maximum atomic E-state index is 9.45. The van der Waals surface area contributed by atoms with Crippen LogP contribution in [-0.2, 0) is 15.8 Å². The Morgan fingerprint density at radius 3 is 2.60 bits per heavy atom. The quantitative estimate of drug-likeness (QED) is 0.201. The van der Waals surface area contributed by atoms with Gasteiger partial charge in [0.2, 0.25) is 0 Å². The molecular weight excluding hydrogens is 227 g/mol. The SMILES string of the molecule is [Na+].[O-]OOSC(O)CCc1ccccc1. The van der Waals surface area contributed by atoms with Crippen LogP contribution >= 0.6 is 12.0 Å². The Morgan fingerprint density at radius 2 is 2.00 bits per heavy atom. The van der Waals surface area contributed by atoms with Crippen LogP contribution in [0.5, 0.6) is 0 Å². The van der Waals surface area contributed by atoms with Crippen molar-refractivity contribution in [1.29, 1.82) is 0 Å². The van der Waals surface area contributed by atoms with Crippen molar-refractivity contribution in [1.82, 2.24) is 0 Å². The number of aliphatic hydroxyl groups is 1. The van der Waals surface area contributed by atoms with Crippen molar-refractivity contribution in [3.63, 3.8) is 0 Å². The summed E-state index contributed by atoms with van der Waals surface area (Å²) in [5.41, 5.74) is 0.388. The zero-order valence-corrected chi connectivity index (χ0v) is 11.3. The van der Waals surface area contributed by atoms with Crippen LogP contribution in [0.2, 0.25) is 0 Å². The van der Waals surface area contributed by atoms with E-state index in [0.717, 1.165) is 12.0 Å². The first-order valence-electron chi connectivity index (χ1n) is 4.17. The van der Waals surface area contributed by atoms with E-state index in [1.54, 1.807) is 0 Å². The van der Waals surface area contributed by atoms with Gasteiger partial charge in [-0.1, -0.05) is 30.3 Å². The standard InChI is InChI=1S/C9H12O4S.Na/c10-9(14-13-12-11)7-6-8-4-2-1-3-5-8;/h1-5,9-11H,6-7H2;/q;+1/p-1. The maximum absolute atomic E-state index is 9.45. The summed E-state index contributed by atoms with van der Waals surface area (Å²) in [7, 11) is 0. The van der Waals surface area contributed by atoms with Crippen LogP contribution in [0.15, 0.2) is 30.3 Å². The van der Waals surface area contributed by atoms with E-state index in [1.165, 1.54) is 0 Å². The van der Waals surface area contributed by atoms with Crippen molar-refractivity contribution < 1.29 is 49.3 Å². The molecule has 1 unspecified atom stereocenters. The van der Waals surface area contributed by atoms with Gasteiger partial charge in [-0.05, 0) is 18.4 Å². The molecule has 15 heavy (non-hydrogen) atoms. The van der Waals surface area contributed by atoms with Crippen LogP contribution in [-0.4, -0.2) is 10.5 Å². The predicted molar refractivity (Wildman–Crippen MR) is 50.5 cm³/mol. The monoisotopic (exact) mass is 238 g/mol. The minimum Gasteiger partial charge on any atom is -0.691 e. The smallest absolute Gasteiger partial charge is 0.691 e. The first-order chi connectivity index (χ1) is 6.83. The minimum absolute atomic E-state index is 0. The molecule has 0 spiro atoms. The van der Waals surface area contributed by atoms with Gasteiger partial charge in [0.15, 0.2) is 0 Å². The molecular formula is C9H11NaO4S.